The maximum Gasteiger partial charge on any atom is 0.319 e. The summed E-state index contributed by atoms with van der Waals surface area (Å²) in [5.41, 5.74) is 5.06. The van der Waals surface area contributed by atoms with E-state index in [2.05, 4.69) is 19.9 Å². The van der Waals surface area contributed by atoms with Crippen LogP contribution >= 0.6 is 23.1 Å². The molecule has 0 saturated carbocycles. The maximum absolute atomic E-state index is 13.9. The fourth-order valence-electron chi connectivity index (χ4n) is 3.48. The summed E-state index contributed by atoms with van der Waals surface area (Å²) in [6.07, 6.45) is 2.84. The van der Waals surface area contributed by atoms with Gasteiger partial charge in [-0.2, -0.15) is 4.37 Å². The Morgan fingerprint density at radius 1 is 1.26 bits per heavy atom. The number of amides is 3. The third-order valence-corrected chi connectivity index (χ3v) is 6.36. The first-order valence-electron chi connectivity index (χ1n) is 10.8. The number of anilines is 1. The molecule has 2 aromatic rings. The Bertz CT molecular complexity index is 1020. The van der Waals surface area contributed by atoms with Gasteiger partial charge in [0, 0.05) is 18.7 Å². The van der Waals surface area contributed by atoms with E-state index in [9.17, 15) is 23.5 Å². The highest BCUT2D eigenvalue weighted by Crippen LogP contribution is 2.31. The normalized spacial score (nSPS) is 14.7. The number of aromatic nitrogens is 1. The second-order valence-corrected chi connectivity index (χ2v) is 9.04. The lowest BCUT2D eigenvalue weighted by atomic mass is 10.2. The SMILES string of the molecule is NC(=O)c1c(OCc2cc(F)c(Cl)cc2F)nsc1NC(=O)NCCC(O)CCN1CCCC1. The second-order valence-electron chi connectivity index (χ2n) is 7.86. The number of halogens is 3. The minimum Gasteiger partial charge on any atom is -0.471 e. The molecule has 5 N–H and O–H groups in total. The number of nitrogens with two attached hydrogens (primary N) is 1. The van der Waals surface area contributed by atoms with Gasteiger partial charge in [-0.1, -0.05) is 11.6 Å². The molecule has 1 aromatic carbocycles. The molecule has 3 amide bonds. The number of nitrogens with zero attached hydrogens (tertiary/aromatic N) is 2. The Hall–Kier alpha value is -2.54. The second kappa shape index (κ2) is 12.2. The fourth-order valence-corrected chi connectivity index (χ4v) is 4.36. The Morgan fingerprint density at radius 3 is 2.71 bits per heavy atom. The first-order valence-corrected chi connectivity index (χ1v) is 11.9. The molecule has 1 aliphatic heterocycles. The minimum absolute atomic E-state index is 0.0392. The van der Waals surface area contributed by atoms with Crippen LogP contribution in [-0.2, 0) is 6.61 Å². The number of ether oxygens (including phenoxy) is 1. The quantitative estimate of drug-likeness (QED) is 0.339. The Kier molecular flexibility index (Phi) is 9.39. The van der Waals surface area contributed by atoms with Crippen LogP contribution in [0.15, 0.2) is 12.1 Å². The molecule has 34 heavy (non-hydrogen) atoms. The first kappa shape index (κ1) is 26.1. The molecular formula is C21H26ClF2N5O4S. The molecule has 1 atom stereocenters. The summed E-state index contributed by atoms with van der Waals surface area (Å²) in [7, 11) is 0. The van der Waals surface area contributed by atoms with Gasteiger partial charge in [-0.05, 0) is 62.4 Å². The number of carbonyl (C=O) groups excluding carboxylic acids is 2. The van der Waals surface area contributed by atoms with Crippen LogP contribution in [0.4, 0.5) is 18.6 Å². The molecule has 3 rings (SSSR count). The zero-order valence-corrected chi connectivity index (χ0v) is 19.9. The van der Waals surface area contributed by atoms with Crippen molar-refractivity contribution in [2.24, 2.45) is 5.73 Å². The summed E-state index contributed by atoms with van der Waals surface area (Å²) >= 11 is 6.28. The van der Waals surface area contributed by atoms with Crippen molar-refractivity contribution in [3.8, 4) is 5.88 Å². The lowest BCUT2D eigenvalue weighted by Crippen LogP contribution is -2.32. The average molecular weight is 518 g/mol. The van der Waals surface area contributed by atoms with E-state index >= 15 is 0 Å². The number of hydrogen-bond donors (Lipinski definition) is 4. The monoisotopic (exact) mass is 517 g/mol. The lowest BCUT2D eigenvalue weighted by molar-refractivity contribution is 0.0996. The molecule has 0 spiro atoms. The molecule has 1 fully saturated rings. The summed E-state index contributed by atoms with van der Waals surface area (Å²) in [4.78, 5) is 26.4. The molecule has 1 aromatic heterocycles. The van der Waals surface area contributed by atoms with Crippen molar-refractivity contribution in [2.45, 2.75) is 38.4 Å². The molecule has 186 valence electrons. The van der Waals surface area contributed by atoms with Crippen molar-refractivity contribution in [3.63, 3.8) is 0 Å². The van der Waals surface area contributed by atoms with Crippen molar-refractivity contribution in [1.82, 2.24) is 14.6 Å². The van der Waals surface area contributed by atoms with Crippen molar-refractivity contribution < 1.29 is 28.2 Å². The number of carbonyl (C=O) groups is 2. The van der Waals surface area contributed by atoms with E-state index in [0.29, 0.717) is 12.8 Å². The Morgan fingerprint density at radius 2 is 2.00 bits per heavy atom. The smallest absolute Gasteiger partial charge is 0.319 e. The fraction of sp³-hybridized carbons (Fsp3) is 0.476. The third-order valence-electron chi connectivity index (χ3n) is 5.33. The summed E-state index contributed by atoms with van der Waals surface area (Å²) < 4.78 is 36.8. The molecule has 1 unspecified atom stereocenters. The molecule has 9 nitrogen and oxygen atoms in total. The highest BCUT2D eigenvalue weighted by atomic mass is 35.5. The number of primary amides is 1. The summed E-state index contributed by atoms with van der Waals surface area (Å²) in [6, 6.07) is 1.07. The lowest BCUT2D eigenvalue weighted by Gasteiger charge is -2.17. The van der Waals surface area contributed by atoms with Crippen LogP contribution in [0.5, 0.6) is 5.88 Å². The largest absolute Gasteiger partial charge is 0.471 e. The van der Waals surface area contributed by atoms with Crippen LogP contribution in [-0.4, -0.2) is 58.6 Å². The predicted molar refractivity (Wildman–Crippen MR) is 124 cm³/mol. The van der Waals surface area contributed by atoms with Gasteiger partial charge in [0.2, 0.25) is 5.88 Å². The third kappa shape index (κ3) is 7.23. The summed E-state index contributed by atoms with van der Waals surface area (Å²) in [5, 5.41) is 14.8. The van der Waals surface area contributed by atoms with Gasteiger partial charge in [-0.15, -0.1) is 0 Å². The van der Waals surface area contributed by atoms with Gasteiger partial charge >= 0.3 is 6.03 Å². The minimum atomic E-state index is -0.917. The van der Waals surface area contributed by atoms with E-state index in [1.165, 1.54) is 12.8 Å². The number of aliphatic hydroxyl groups is 1. The van der Waals surface area contributed by atoms with Crippen LogP contribution < -0.4 is 21.1 Å². The number of urea groups is 1. The van der Waals surface area contributed by atoms with Crippen molar-refractivity contribution >= 4 is 40.1 Å². The number of likely N-dealkylation sites (tertiary alicyclic amines) is 1. The predicted octanol–water partition coefficient (Wildman–Crippen LogP) is 3.11. The van der Waals surface area contributed by atoms with Gasteiger partial charge in [0.05, 0.1) is 11.1 Å². The molecule has 1 saturated heterocycles. The van der Waals surface area contributed by atoms with Crippen LogP contribution in [0, 0.1) is 11.6 Å². The van der Waals surface area contributed by atoms with Crippen LogP contribution in [0.1, 0.15) is 41.6 Å². The van der Waals surface area contributed by atoms with Gasteiger partial charge in [-0.3, -0.25) is 10.1 Å². The van der Waals surface area contributed by atoms with Crippen molar-refractivity contribution in [3.05, 3.63) is 39.9 Å². The van der Waals surface area contributed by atoms with E-state index in [1.807, 2.05) is 0 Å². The van der Waals surface area contributed by atoms with Crippen LogP contribution in [0.2, 0.25) is 5.02 Å². The van der Waals surface area contributed by atoms with E-state index in [1.54, 1.807) is 0 Å². The van der Waals surface area contributed by atoms with Crippen LogP contribution in [0.3, 0.4) is 0 Å². The molecule has 0 bridgehead atoms. The van der Waals surface area contributed by atoms with Gasteiger partial charge < -0.3 is 25.8 Å². The molecule has 13 heteroatoms. The molecule has 2 heterocycles. The molecule has 0 radical (unpaired) electrons. The standard InChI is InChI=1S/C21H26ClF2N5O4S/c22-14-10-15(23)12(9-16(14)24)11-33-19-17(18(25)31)20(34-28-19)27-21(32)26-5-3-13(30)4-8-29-6-1-2-7-29/h9-10,13,30H,1-8,11H2,(H2,25,31)(H2,26,27,32). The van der Waals surface area contributed by atoms with E-state index in [4.69, 9.17) is 22.1 Å². The molecular weight excluding hydrogens is 492 g/mol. The van der Waals surface area contributed by atoms with Gasteiger partial charge in [0.25, 0.3) is 5.91 Å². The number of nitrogens with one attached hydrogen (secondary N) is 2. The zero-order chi connectivity index (χ0) is 24.7. The zero-order valence-electron chi connectivity index (χ0n) is 18.3. The van der Waals surface area contributed by atoms with Gasteiger partial charge in [0.1, 0.15) is 28.8 Å². The Labute approximate surface area is 204 Å². The van der Waals surface area contributed by atoms with E-state index < -0.39 is 36.3 Å². The topological polar surface area (TPSA) is 130 Å². The molecule has 1 aliphatic rings. The highest BCUT2D eigenvalue weighted by Gasteiger charge is 2.23. The summed E-state index contributed by atoms with van der Waals surface area (Å²) in [5.74, 6) is -2.75. The molecule has 0 aliphatic carbocycles. The van der Waals surface area contributed by atoms with E-state index in [0.717, 1.165) is 43.3 Å². The van der Waals surface area contributed by atoms with Gasteiger partial charge in [0.15, 0.2) is 0 Å². The maximum atomic E-state index is 13.9. The highest BCUT2D eigenvalue weighted by molar-refractivity contribution is 7.11. The van der Waals surface area contributed by atoms with Crippen LogP contribution in [0.25, 0.3) is 0 Å². The number of aliphatic hydroxyl groups excluding tert-OH is 1. The van der Waals surface area contributed by atoms with Gasteiger partial charge in [-0.25, -0.2) is 13.6 Å². The average Bonchev–Trinajstić information content (AvgIpc) is 3.44. The van der Waals surface area contributed by atoms with Crippen molar-refractivity contribution in [1.29, 1.82) is 0 Å². The van der Waals surface area contributed by atoms with E-state index in [-0.39, 0.29) is 33.6 Å². The number of rotatable bonds is 11. The Balaban J connectivity index is 1.50. The summed E-state index contributed by atoms with van der Waals surface area (Å²) in [6.45, 7) is 2.72. The van der Waals surface area contributed by atoms with Crippen molar-refractivity contribution in [2.75, 3.05) is 31.5 Å². The number of benzene rings is 1. The number of hydrogen-bond acceptors (Lipinski definition) is 7. The first-order chi connectivity index (χ1) is 16.2.